The van der Waals surface area contributed by atoms with E-state index < -0.39 is 59.6 Å². The lowest BCUT2D eigenvalue weighted by Gasteiger charge is -2.43. The molecular weight excluding hydrogens is 1030 g/mol. The zero-order valence-corrected chi connectivity index (χ0v) is 46.3. The van der Waals surface area contributed by atoms with Gasteiger partial charge in [-0.25, -0.2) is 19.2 Å². The summed E-state index contributed by atoms with van der Waals surface area (Å²) in [5.41, 5.74) is 12.9. The fourth-order valence-electron chi connectivity index (χ4n) is 9.85. The van der Waals surface area contributed by atoms with Crippen molar-refractivity contribution in [3.05, 3.63) is 142 Å². The van der Waals surface area contributed by atoms with Crippen LogP contribution in [-0.4, -0.2) is 118 Å². The molecule has 20 heteroatoms. The maximum Gasteiger partial charge on any atom is 0.416 e. The van der Waals surface area contributed by atoms with Crippen LogP contribution < -0.4 is 21.3 Å². The summed E-state index contributed by atoms with van der Waals surface area (Å²) in [5, 5.41) is 0. The standard InChI is InChI=1S/C59H75F6N8O6/c1-40-50(54(74)78-36-34-68(3)4)52(42-24-28-46(66)29-25-42)69(56(76)71(40)48-22-18-20-44(38-48)58(60,61)62)32-16-14-12-10-8-9-11-13-15-17-33-70-53(43-26-30-47(67)31-27-43)51(55(75)79-37-35-73(5,6)7)41(2)72(57(70)77)49-23-19-21-45(39-49)59(63,64)65/h18-31,38-39,52-53H,8-17,32-37,66-67H2,1-7H3/q+1/t52-,53-/m1/s1. The van der Waals surface area contributed by atoms with Gasteiger partial charge in [0, 0.05) is 42.4 Å². The monoisotopic (exact) mass is 1110 g/mol. The number of hydrogen-bond donors (Lipinski definition) is 2. The highest BCUT2D eigenvalue weighted by Crippen LogP contribution is 2.44. The van der Waals surface area contributed by atoms with Crippen molar-refractivity contribution in [3.63, 3.8) is 0 Å². The molecule has 6 rings (SSSR count). The zero-order chi connectivity index (χ0) is 57.8. The number of halogens is 6. The number of carbonyl (C=O) groups is 4. The molecule has 0 bridgehead atoms. The minimum absolute atomic E-state index is 0.0348. The molecule has 0 radical (unpaired) electrons. The third-order valence-corrected chi connectivity index (χ3v) is 14.1. The second-order valence-electron chi connectivity index (χ2n) is 21.5. The van der Waals surface area contributed by atoms with Gasteiger partial charge in [0.15, 0.2) is 0 Å². The molecule has 0 fully saturated rings. The van der Waals surface area contributed by atoms with Crippen LogP contribution in [0.1, 0.15) is 112 Å². The van der Waals surface area contributed by atoms with Crippen molar-refractivity contribution in [2.75, 3.05) is 95.9 Å². The van der Waals surface area contributed by atoms with Gasteiger partial charge in [-0.1, -0.05) is 87.8 Å². The van der Waals surface area contributed by atoms with Crippen LogP contribution in [0.2, 0.25) is 0 Å². The summed E-state index contributed by atoms with van der Waals surface area (Å²) < 4.78 is 96.0. The maximum atomic E-state index is 14.7. The Morgan fingerprint density at radius 2 is 0.911 bits per heavy atom. The zero-order valence-electron chi connectivity index (χ0n) is 46.3. The first-order chi connectivity index (χ1) is 37.3. The Bertz CT molecular complexity index is 2810. The number of esters is 2. The summed E-state index contributed by atoms with van der Waals surface area (Å²) in [4.78, 5) is 64.8. The van der Waals surface area contributed by atoms with Gasteiger partial charge in [-0.2, -0.15) is 26.3 Å². The van der Waals surface area contributed by atoms with Crippen LogP contribution in [0.3, 0.4) is 0 Å². The molecule has 0 saturated heterocycles. The molecule has 4 aromatic carbocycles. The van der Waals surface area contributed by atoms with E-state index in [-0.39, 0.29) is 60.2 Å². The quantitative estimate of drug-likeness (QED) is 0.0217. The topological polar surface area (TPSA) is 155 Å². The molecule has 4 N–H and O–H groups in total. The Morgan fingerprint density at radius 3 is 1.25 bits per heavy atom. The Morgan fingerprint density at radius 1 is 0.557 bits per heavy atom. The molecule has 79 heavy (non-hydrogen) atoms. The first-order valence-electron chi connectivity index (χ1n) is 26.8. The predicted octanol–water partition coefficient (Wildman–Crippen LogP) is 12.4. The van der Waals surface area contributed by atoms with Gasteiger partial charge in [0.25, 0.3) is 0 Å². The van der Waals surface area contributed by atoms with Crippen molar-refractivity contribution in [1.29, 1.82) is 0 Å². The number of amides is 4. The number of unbranched alkanes of at least 4 members (excludes halogenated alkanes) is 9. The SMILES string of the molecule is CC1=C(C(=O)OCCN(C)C)[C@@H](c2ccc(N)cc2)N(CCCCCCCCCCCCN2C(=O)N(c3cccc(C(F)(F)F)c3)C(C)=C(C(=O)OCC[N+](C)(C)C)[C@H]2c2ccc(N)cc2)C(=O)N1c1cccc(C(F)(F)F)c1. The van der Waals surface area contributed by atoms with Gasteiger partial charge in [-0.05, 0) is 113 Å². The molecule has 4 amide bonds. The summed E-state index contributed by atoms with van der Waals surface area (Å²) in [5.74, 6) is -1.37. The van der Waals surface area contributed by atoms with E-state index in [9.17, 15) is 45.5 Å². The van der Waals surface area contributed by atoms with Crippen LogP contribution in [0.25, 0.3) is 0 Å². The van der Waals surface area contributed by atoms with Gasteiger partial charge in [-0.15, -0.1) is 0 Å². The summed E-state index contributed by atoms with van der Waals surface area (Å²) in [6.45, 7) is 4.50. The number of allylic oxidation sites excluding steroid dienone is 2. The number of urea groups is 2. The second kappa shape index (κ2) is 26.7. The summed E-state index contributed by atoms with van der Waals surface area (Å²) in [6, 6.07) is 19.6. The average Bonchev–Trinajstić information content (AvgIpc) is 3.53. The first-order valence-corrected chi connectivity index (χ1v) is 26.8. The molecule has 0 aromatic heterocycles. The van der Waals surface area contributed by atoms with Crippen molar-refractivity contribution < 1.29 is 59.5 Å². The first kappa shape index (κ1) is 61.2. The number of anilines is 4. The van der Waals surface area contributed by atoms with Crippen molar-refractivity contribution in [3.8, 4) is 0 Å². The van der Waals surface area contributed by atoms with E-state index in [2.05, 4.69) is 0 Å². The fourth-order valence-corrected chi connectivity index (χ4v) is 9.85. The van der Waals surface area contributed by atoms with Crippen LogP contribution in [-0.2, 0) is 31.4 Å². The molecule has 2 aliphatic heterocycles. The molecule has 428 valence electrons. The number of hydrogen-bond acceptors (Lipinski definition) is 9. The molecule has 14 nitrogen and oxygen atoms in total. The number of carbonyl (C=O) groups excluding carboxylic acids is 4. The fraction of sp³-hybridized carbons (Fsp3) is 0.458. The summed E-state index contributed by atoms with van der Waals surface area (Å²) in [7, 11) is 9.51. The van der Waals surface area contributed by atoms with E-state index in [4.69, 9.17) is 20.9 Å². The van der Waals surface area contributed by atoms with Crippen LogP contribution in [0.4, 0.5) is 58.7 Å². The highest BCUT2D eigenvalue weighted by molar-refractivity contribution is 6.04. The smallest absolute Gasteiger partial charge is 0.416 e. The molecule has 0 aliphatic carbocycles. The number of alkyl halides is 6. The number of likely N-dealkylation sites (N-methyl/N-ethyl adjacent to an activating group) is 2. The van der Waals surface area contributed by atoms with E-state index >= 15 is 0 Å². The molecular formula is C59H75F6N8O6+. The Kier molecular flexibility index (Phi) is 20.7. The van der Waals surface area contributed by atoms with E-state index in [1.807, 2.05) is 40.1 Å². The largest absolute Gasteiger partial charge is 0.461 e. The van der Waals surface area contributed by atoms with Crippen molar-refractivity contribution in [1.82, 2.24) is 14.7 Å². The van der Waals surface area contributed by atoms with Gasteiger partial charge in [0.05, 0.1) is 66.9 Å². The van der Waals surface area contributed by atoms with Crippen LogP contribution in [0, 0.1) is 0 Å². The molecule has 2 atom stereocenters. The van der Waals surface area contributed by atoms with Crippen LogP contribution >= 0.6 is 0 Å². The Balaban J connectivity index is 1.10. The normalized spacial score (nSPS) is 16.6. The highest BCUT2D eigenvalue weighted by atomic mass is 19.4. The van der Waals surface area contributed by atoms with Gasteiger partial charge >= 0.3 is 36.4 Å². The lowest BCUT2D eigenvalue weighted by molar-refractivity contribution is -0.870. The highest BCUT2D eigenvalue weighted by Gasteiger charge is 2.45. The number of nitrogens with two attached hydrogens (primary N) is 2. The maximum absolute atomic E-state index is 14.7. The Hall–Kier alpha value is -7.06. The summed E-state index contributed by atoms with van der Waals surface area (Å²) >= 11 is 0. The number of nitrogens with zero attached hydrogens (tertiary/aromatic N) is 6. The average molecular weight is 1110 g/mol. The molecule has 0 saturated carbocycles. The number of ether oxygens (including phenoxy) is 2. The number of benzene rings is 4. The van der Waals surface area contributed by atoms with Gasteiger partial charge in [-0.3, -0.25) is 9.80 Å². The van der Waals surface area contributed by atoms with E-state index in [1.54, 1.807) is 62.4 Å². The third kappa shape index (κ3) is 16.0. The second-order valence-corrected chi connectivity index (χ2v) is 21.5. The molecule has 4 aromatic rings. The lowest BCUT2D eigenvalue weighted by Crippen LogP contribution is -2.51. The predicted molar refractivity (Wildman–Crippen MR) is 294 cm³/mol. The number of nitrogen functional groups attached to an aromatic ring is 2. The van der Waals surface area contributed by atoms with Gasteiger partial charge < -0.3 is 40.1 Å². The summed E-state index contributed by atoms with van der Waals surface area (Å²) in [6.07, 6.45) is -1.53. The van der Waals surface area contributed by atoms with E-state index in [0.717, 1.165) is 85.4 Å². The Labute approximate surface area is 459 Å². The van der Waals surface area contributed by atoms with Crippen molar-refractivity contribution in [2.24, 2.45) is 0 Å². The van der Waals surface area contributed by atoms with Crippen LogP contribution in [0.15, 0.2) is 120 Å². The van der Waals surface area contributed by atoms with Crippen molar-refractivity contribution in [2.45, 2.75) is 102 Å². The molecule has 0 spiro atoms. The number of quaternary nitrogens is 1. The van der Waals surface area contributed by atoms with Crippen molar-refractivity contribution >= 4 is 46.8 Å². The van der Waals surface area contributed by atoms with Gasteiger partial charge in [0.1, 0.15) is 19.8 Å². The minimum atomic E-state index is -4.68. The third-order valence-electron chi connectivity index (χ3n) is 14.1. The molecule has 2 aliphatic rings. The lowest BCUT2D eigenvalue weighted by atomic mass is 9.92. The molecule has 2 heterocycles. The number of rotatable bonds is 25. The van der Waals surface area contributed by atoms with E-state index in [1.165, 1.54) is 34.1 Å². The van der Waals surface area contributed by atoms with Crippen LogP contribution in [0.5, 0.6) is 0 Å². The van der Waals surface area contributed by atoms with E-state index in [0.29, 0.717) is 52.9 Å². The minimum Gasteiger partial charge on any atom is -0.461 e. The molecule has 0 unspecified atom stereocenters. The van der Waals surface area contributed by atoms with Gasteiger partial charge in [0.2, 0.25) is 0 Å².